The molecule has 0 aromatic heterocycles. The minimum Gasteiger partial charge on any atom is -0.253 e. The number of hydrogen-bond acceptors (Lipinski definition) is 2. The lowest BCUT2D eigenvalue weighted by Crippen LogP contribution is -2.27. The monoisotopic (exact) mass is 203 g/mol. The predicted molar refractivity (Wildman–Crippen MR) is 57.4 cm³/mol. The lowest BCUT2D eigenvalue weighted by atomic mass is 9.87. The second-order valence-corrected chi connectivity index (χ2v) is 6.76. The summed E-state index contributed by atoms with van der Waals surface area (Å²) in [7, 11) is -2.25. The Kier molecular flexibility index (Phi) is 3.77. The van der Waals surface area contributed by atoms with E-state index in [2.05, 4.69) is 6.92 Å². The van der Waals surface area contributed by atoms with Crippen LogP contribution in [-0.2, 0) is 9.73 Å². The fourth-order valence-corrected chi connectivity index (χ4v) is 3.66. The van der Waals surface area contributed by atoms with Crippen LogP contribution in [0, 0.1) is 10.7 Å². The van der Waals surface area contributed by atoms with Crippen molar-refractivity contribution in [1.29, 1.82) is 4.78 Å². The van der Waals surface area contributed by atoms with Crippen LogP contribution in [0.4, 0.5) is 0 Å². The summed E-state index contributed by atoms with van der Waals surface area (Å²) in [5.41, 5.74) is 0. The fourth-order valence-electron chi connectivity index (χ4n) is 2.16. The fraction of sp³-hybridized carbons (Fsp3) is 1.00. The van der Waals surface area contributed by atoms with Crippen molar-refractivity contribution < 1.29 is 4.21 Å². The molecule has 13 heavy (non-hydrogen) atoms. The zero-order valence-corrected chi connectivity index (χ0v) is 9.53. The second-order valence-electron chi connectivity index (χ2n) is 4.07. The standard InChI is InChI=1S/C10H21NOS/c1-3-9-5-7-10(8-6-9)13(11,12)4-2/h9-11H,3-8H2,1-2H3. The Bertz CT molecular complexity index is 238. The van der Waals surface area contributed by atoms with Gasteiger partial charge in [-0.1, -0.05) is 20.3 Å². The molecule has 0 aromatic rings. The van der Waals surface area contributed by atoms with Crippen molar-refractivity contribution in [3.8, 4) is 0 Å². The van der Waals surface area contributed by atoms with Crippen LogP contribution in [0.2, 0.25) is 0 Å². The molecule has 1 rings (SSSR count). The highest BCUT2D eigenvalue weighted by Crippen LogP contribution is 2.30. The Hall–Kier alpha value is -0.0500. The highest BCUT2D eigenvalue weighted by Gasteiger charge is 2.26. The topological polar surface area (TPSA) is 40.9 Å². The molecule has 0 heterocycles. The van der Waals surface area contributed by atoms with Crippen molar-refractivity contribution in [1.82, 2.24) is 0 Å². The summed E-state index contributed by atoms with van der Waals surface area (Å²) in [5.74, 6) is 1.37. The largest absolute Gasteiger partial charge is 0.253 e. The molecule has 0 amide bonds. The van der Waals surface area contributed by atoms with Crippen LogP contribution in [-0.4, -0.2) is 15.2 Å². The van der Waals surface area contributed by atoms with E-state index in [0.29, 0.717) is 5.75 Å². The molecule has 1 aliphatic carbocycles. The molecule has 0 radical (unpaired) electrons. The average molecular weight is 203 g/mol. The zero-order chi connectivity index (χ0) is 9.90. The third kappa shape index (κ3) is 2.70. The maximum atomic E-state index is 11.8. The highest BCUT2D eigenvalue weighted by atomic mass is 32.2. The minimum atomic E-state index is -2.25. The maximum absolute atomic E-state index is 11.8. The zero-order valence-electron chi connectivity index (χ0n) is 8.71. The molecule has 1 fully saturated rings. The van der Waals surface area contributed by atoms with E-state index in [1.54, 1.807) is 0 Å². The predicted octanol–water partition coefficient (Wildman–Crippen LogP) is 3.02. The van der Waals surface area contributed by atoms with Gasteiger partial charge in [0.25, 0.3) is 0 Å². The van der Waals surface area contributed by atoms with E-state index in [1.165, 1.54) is 19.3 Å². The van der Waals surface area contributed by atoms with Crippen molar-refractivity contribution in [2.24, 2.45) is 5.92 Å². The Balaban J connectivity index is 2.50. The smallest absolute Gasteiger partial charge is 0.0467 e. The minimum absolute atomic E-state index is 0.195. The summed E-state index contributed by atoms with van der Waals surface area (Å²) in [5, 5.41) is 0.195. The number of nitrogens with one attached hydrogen (secondary N) is 1. The summed E-state index contributed by atoms with van der Waals surface area (Å²) in [6.07, 6.45) is 5.68. The van der Waals surface area contributed by atoms with Gasteiger partial charge in [-0.05, 0) is 31.6 Å². The Morgan fingerprint density at radius 3 is 2.15 bits per heavy atom. The highest BCUT2D eigenvalue weighted by molar-refractivity contribution is 7.93. The van der Waals surface area contributed by atoms with Crippen molar-refractivity contribution >= 4 is 9.73 Å². The first-order valence-corrected chi connectivity index (χ1v) is 7.14. The van der Waals surface area contributed by atoms with E-state index >= 15 is 0 Å². The summed E-state index contributed by atoms with van der Waals surface area (Å²) in [6.45, 7) is 4.10. The van der Waals surface area contributed by atoms with Crippen LogP contribution in [0.5, 0.6) is 0 Å². The molecule has 1 aliphatic rings. The van der Waals surface area contributed by atoms with E-state index in [9.17, 15) is 4.21 Å². The molecule has 0 spiro atoms. The molecule has 2 nitrogen and oxygen atoms in total. The molecular weight excluding hydrogens is 182 g/mol. The molecule has 1 saturated carbocycles. The van der Waals surface area contributed by atoms with Gasteiger partial charge in [-0.3, -0.25) is 4.78 Å². The third-order valence-corrected chi connectivity index (χ3v) is 5.74. The summed E-state index contributed by atoms with van der Waals surface area (Å²) < 4.78 is 19.5. The van der Waals surface area contributed by atoms with Gasteiger partial charge in [-0.15, -0.1) is 0 Å². The van der Waals surface area contributed by atoms with Crippen molar-refractivity contribution in [2.75, 3.05) is 5.75 Å². The summed E-state index contributed by atoms with van der Waals surface area (Å²) in [4.78, 5) is 0. The maximum Gasteiger partial charge on any atom is 0.0467 e. The van der Waals surface area contributed by atoms with Crippen LogP contribution in [0.15, 0.2) is 0 Å². The molecule has 0 aromatic carbocycles. The summed E-state index contributed by atoms with van der Waals surface area (Å²) in [6, 6.07) is 0. The van der Waals surface area contributed by atoms with E-state index in [4.69, 9.17) is 4.78 Å². The first kappa shape index (κ1) is 11.0. The third-order valence-electron chi connectivity index (χ3n) is 3.34. The lowest BCUT2D eigenvalue weighted by Gasteiger charge is -2.28. The van der Waals surface area contributed by atoms with Gasteiger partial charge in [0.15, 0.2) is 0 Å². The van der Waals surface area contributed by atoms with Crippen LogP contribution >= 0.6 is 0 Å². The molecule has 78 valence electrons. The van der Waals surface area contributed by atoms with Gasteiger partial charge in [0, 0.05) is 20.7 Å². The van der Waals surface area contributed by atoms with E-state index in [-0.39, 0.29) is 5.25 Å². The van der Waals surface area contributed by atoms with Gasteiger partial charge in [0.2, 0.25) is 0 Å². The Morgan fingerprint density at radius 1 is 1.23 bits per heavy atom. The van der Waals surface area contributed by atoms with E-state index < -0.39 is 9.73 Å². The molecule has 3 heteroatoms. The van der Waals surface area contributed by atoms with Crippen LogP contribution in [0.25, 0.3) is 0 Å². The number of hydrogen-bond donors (Lipinski definition) is 1. The molecule has 0 saturated heterocycles. The number of rotatable bonds is 3. The quantitative estimate of drug-likeness (QED) is 0.752. The molecule has 1 N–H and O–H groups in total. The van der Waals surface area contributed by atoms with Gasteiger partial charge in [-0.2, -0.15) is 0 Å². The van der Waals surface area contributed by atoms with E-state index in [0.717, 1.165) is 18.8 Å². The van der Waals surface area contributed by atoms with Crippen LogP contribution in [0.1, 0.15) is 46.0 Å². The molecule has 0 aliphatic heterocycles. The molecule has 1 atom stereocenters. The van der Waals surface area contributed by atoms with Crippen molar-refractivity contribution in [3.63, 3.8) is 0 Å². The van der Waals surface area contributed by atoms with E-state index in [1.807, 2.05) is 6.92 Å². The first-order valence-electron chi connectivity index (χ1n) is 5.35. The average Bonchev–Trinajstić information content (AvgIpc) is 2.18. The van der Waals surface area contributed by atoms with Gasteiger partial charge in [-0.25, -0.2) is 4.21 Å². The van der Waals surface area contributed by atoms with Crippen LogP contribution < -0.4 is 0 Å². The van der Waals surface area contributed by atoms with Gasteiger partial charge in [0.1, 0.15) is 0 Å². The van der Waals surface area contributed by atoms with Gasteiger partial charge >= 0.3 is 0 Å². The lowest BCUT2D eigenvalue weighted by molar-refractivity contribution is 0.352. The van der Waals surface area contributed by atoms with Crippen molar-refractivity contribution in [2.45, 2.75) is 51.2 Å². The molecule has 0 bridgehead atoms. The molecular formula is C10H21NOS. The first-order chi connectivity index (χ1) is 6.10. The SMILES string of the molecule is CCC1CCC(S(=N)(=O)CC)CC1. The van der Waals surface area contributed by atoms with Crippen LogP contribution in [0.3, 0.4) is 0 Å². The molecule has 1 unspecified atom stereocenters. The Morgan fingerprint density at radius 2 is 1.77 bits per heavy atom. The second kappa shape index (κ2) is 4.45. The van der Waals surface area contributed by atoms with Crippen molar-refractivity contribution in [3.05, 3.63) is 0 Å². The van der Waals surface area contributed by atoms with Gasteiger partial charge < -0.3 is 0 Å². The summed E-state index contributed by atoms with van der Waals surface area (Å²) >= 11 is 0. The van der Waals surface area contributed by atoms with Gasteiger partial charge in [0.05, 0.1) is 0 Å². The Labute approximate surface area is 82.1 Å². The normalized spacial score (nSPS) is 34.0.